The van der Waals surface area contributed by atoms with Crippen molar-refractivity contribution in [3.63, 3.8) is 0 Å². The molecule has 2 aliphatic rings. The second-order valence-corrected chi connectivity index (χ2v) is 11.3. The highest BCUT2D eigenvalue weighted by Gasteiger charge is 2.39. The molecule has 4 heteroatoms. The van der Waals surface area contributed by atoms with Crippen molar-refractivity contribution in [2.75, 3.05) is 0 Å². The third kappa shape index (κ3) is 3.61. The van der Waals surface area contributed by atoms with Crippen molar-refractivity contribution in [1.82, 2.24) is 9.13 Å². The van der Waals surface area contributed by atoms with E-state index >= 15 is 0 Å². The zero-order valence-corrected chi connectivity index (χ0v) is 23.8. The molecule has 4 nitrogen and oxygen atoms in total. The van der Waals surface area contributed by atoms with Crippen LogP contribution in [0.15, 0.2) is 115 Å². The third-order valence-corrected chi connectivity index (χ3v) is 8.59. The van der Waals surface area contributed by atoms with Crippen LogP contribution in [0.4, 0.5) is 0 Å². The van der Waals surface area contributed by atoms with Crippen LogP contribution in [-0.4, -0.2) is 9.13 Å². The van der Waals surface area contributed by atoms with Crippen LogP contribution >= 0.6 is 0 Å². The Bertz CT molecular complexity index is 2110. The number of aryl methyl sites for hydroxylation is 2. The molecule has 2 aliphatic heterocycles. The Kier molecular flexibility index (Phi) is 5.35. The van der Waals surface area contributed by atoms with E-state index in [4.69, 9.17) is 9.47 Å². The highest BCUT2D eigenvalue weighted by Crippen LogP contribution is 2.47. The minimum absolute atomic E-state index is 0.776. The Labute approximate surface area is 245 Å². The minimum Gasteiger partial charge on any atom is -0.475 e. The molecule has 0 N–H and O–H groups in total. The molecule has 0 unspecified atom stereocenters. The number of ether oxygens (including phenoxy) is 2. The van der Waals surface area contributed by atoms with E-state index < -0.39 is 5.60 Å². The highest BCUT2D eigenvalue weighted by atomic mass is 16.5. The standard InChI is InChI=1S/C38H30N2O2/c1-25-29-18-10-12-20-31(29)39-23-34(27-14-6-4-7-15-27)41-33(36(25)39)22-38(3)37-26(2)30-19-11-13-21-32(30)40(37)24-35(42-38)28-16-8-5-9-17-28/h4-24H,1-3H3/b33-22-/t38-/m1/s1. The Hall–Kier alpha value is -5.22. The smallest absolute Gasteiger partial charge is 0.169 e. The fourth-order valence-electron chi connectivity index (χ4n) is 6.69. The van der Waals surface area contributed by atoms with E-state index in [0.717, 1.165) is 50.8 Å². The van der Waals surface area contributed by atoms with Gasteiger partial charge in [-0.05, 0) is 44.0 Å². The molecule has 4 heterocycles. The fraction of sp³-hybridized carbons (Fsp3) is 0.105. The van der Waals surface area contributed by atoms with Gasteiger partial charge in [-0.1, -0.05) is 97.1 Å². The Morgan fingerprint density at radius 2 is 1.12 bits per heavy atom. The molecule has 0 saturated carbocycles. The summed E-state index contributed by atoms with van der Waals surface area (Å²) in [7, 11) is 0. The van der Waals surface area contributed by atoms with Crippen molar-refractivity contribution in [2.45, 2.75) is 26.4 Å². The van der Waals surface area contributed by atoms with Crippen LogP contribution in [0.25, 0.3) is 51.5 Å². The molecule has 0 spiro atoms. The zero-order chi connectivity index (χ0) is 28.4. The summed E-state index contributed by atoms with van der Waals surface area (Å²) in [4.78, 5) is 0. The lowest BCUT2D eigenvalue weighted by atomic mass is 9.94. The van der Waals surface area contributed by atoms with Crippen LogP contribution in [0.2, 0.25) is 0 Å². The van der Waals surface area contributed by atoms with Crippen LogP contribution < -0.4 is 0 Å². The van der Waals surface area contributed by atoms with Gasteiger partial charge in [0.1, 0.15) is 5.76 Å². The molecule has 42 heavy (non-hydrogen) atoms. The molecule has 8 rings (SSSR count). The predicted octanol–water partition coefficient (Wildman–Crippen LogP) is 9.44. The van der Waals surface area contributed by atoms with E-state index in [0.29, 0.717) is 0 Å². The summed E-state index contributed by atoms with van der Waals surface area (Å²) in [5.74, 6) is 2.39. The van der Waals surface area contributed by atoms with Crippen molar-refractivity contribution < 1.29 is 9.47 Å². The first-order valence-corrected chi connectivity index (χ1v) is 14.4. The SMILES string of the molecule is Cc1c2n(c3ccccc13)C=C(c1ccccc1)O/C2=C\[C@@]1(C)OC(c2ccccc2)=Cn2c1c(C)c1ccccc12. The van der Waals surface area contributed by atoms with Gasteiger partial charge in [-0.2, -0.15) is 0 Å². The Morgan fingerprint density at radius 3 is 1.79 bits per heavy atom. The summed E-state index contributed by atoms with van der Waals surface area (Å²) in [6.07, 6.45) is 6.41. The number of para-hydroxylation sites is 2. The van der Waals surface area contributed by atoms with Crippen LogP contribution in [0.5, 0.6) is 0 Å². The molecule has 4 aromatic carbocycles. The number of nitrogens with zero attached hydrogens (tertiary/aromatic N) is 2. The Morgan fingerprint density at radius 1 is 0.595 bits per heavy atom. The zero-order valence-electron chi connectivity index (χ0n) is 23.8. The minimum atomic E-state index is -0.828. The van der Waals surface area contributed by atoms with Gasteiger partial charge in [0.25, 0.3) is 0 Å². The van der Waals surface area contributed by atoms with E-state index in [2.05, 4.69) is 121 Å². The number of hydrogen-bond acceptors (Lipinski definition) is 2. The largest absolute Gasteiger partial charge is 0.475 e. The van der Waals surface area contributed by atoms with E-state index in [1.807, 2.05) is 36.4 Å². The molecule has 0 bridgehead atoms. The second-order valence-electron chi connectivity index (χ2n) is 11.3. The monoisotopic (exact) mass is 546 g/mol. The fourth-order valence-corrected chi connectivity index (χ4v) is 6.69. The maximum atomic E-state index is 7.02. The van der Waals surface area contributed by atoms with Crippen LogP contribution in [-0.2, 0) is 15.1 Å². The lowest BCUT2D eigenvalue weighted by Crippen LogP contribution is -2.30. The third-order valence-electron chi connectivity index (χ3n) is 8.59. The van der Waals surface area contributed by atoms with Crippen molar-refractivity contribution in [1.29, 1.82) is 0 Å². The lowest BCUT2D eigenvalue weighted by molar-refractivity contribution is 0.0936. The first kappa shape index (κ1) is 24.6. The van der Waals surface area contributed by atoms with Gasteiger partial charge < -0.3 is 18.6 Å². The predicted molar refractivity (Wildman–Crippen MR) is 172 cm³/mol. The van der Waals surface area contributed by atoms with Crippen LogP contribution in [0.1, 0.15) is 40.6 Å². The molecule has 0 aliphatic carbocycles. The molecule has 0 saturated heterocycles. The van der Waals surface area contributed by atoms with E-state index in [-0.39, 0.29) is 0 Å². The molecule has 0 amide bonds. The number of aromatic nitrogens is 2. The normalized spacial score (nSPS) is 18.7. The van der Waals surface area contributed by atoms with Gasteiger partial charge in [-0.3, -0.25) is 0 Å². The number of fused-ring (bicyclic) bond motifs is 6. The summed E-state index contributed by atoms with van der Waals surface area (Å²) in [5.41, 5.74) is 8.04. The van der Waals surface area contributed by atoms with Crippen molar-refractivity contribution in [3.8, 4) is 0 Å². The number of hydrogen-bond donors (Lipinski definition) is 0. The van der Waals surface area contributed by atoms with Crippen LogP contribution in [0.3, 0.4) is 0 Å². The molecule has 204 valence electrons. The van der Waals surface area contributed by atoms with Crippen LogP contribution in [0, 0.1) is 13.8 Å². The van der Waals surface area contributed by atoms with Gasteiger partial charge in [0, 0.05) is 28.0 Å². The van der Waals surface area contributed by atoms with Gasteiger partial charge in [-0.15, -0.1) is 0 Å². The topological polar surface area (TPSA) is 28.3 Å². The first-order chi connectivity index (χ1) is 20.5. The number of rotatable bonds is 3. The molecular formula is C38H30N2O2. The molecule has 1 atom stereocenters. The summed E-state index contributed by atoms with van der Waals surface area (Å²) in [6, 6.07) is 37.7. The first-order valence-electron chi connectivity index (χ1n) is 14.4. The molecular weight excluding hydrogens is 516 g/mol. The highest BCUT2D eigenvalue weighted by molar-refractivity contribution is 5.96. The average Bonchev–Trinajstić information content (AvgIpc) is 3.49. The summed E-state index contributed by atoms with van der Waals surface area (Å²) in [5, 5.41) is 2.42. The average molecular weight is 547 g/mol. The van der Waals surface area contributed by atoms with Crippen molar-refractivity contribution in [2.24, 2.45) is 0 Å². The lowest BCUT2D eigenvalue weighted by Gasteiger charge is -2.36. The van der Waals surface area contributed by atoms with Gasteiger partial charge >= 0.3 is 0 Å². The maximum Gasteiger partial charge on any atom is 0.169 e. The van der Waals surface area contributed by atoms with Gasteiger partial charge in [0.15, 0.2) is 17.1 Å². The van der Waals surface area contributed by atoms with Gasteiger partial charge in [-0.25, -0.2) is 0 Å². The second kappa shape index (κ2) is 9.15. The van der Waals surface area contributed by atoms with E-state index in [9.17, 15) is 0 Å². The van der Waals surface area contributed by atoms with Gasteiger partial charge in [0.05, 0.1) is 34.8 Å². The van der Waals surface area contributed by atoms with E-state index in [1.165, 1.54) is 21.9 Å². The molecule has 0 fully saturated rings. The Balaban J connectivity index is 1.40. The van der Waals surface area contributed by atoms with Crippen molar-refractivity contribution >= 4 is 51.5 Å². The van der Waals surface area contributed by atoms with Crippen molar-refractivity contribution in [3.05, 3.63) is 149 Å². The summed E-state index contributed by atoms with van der Waals surface area (Å²) >= 11 is 0. The number of benzene rings is 4. The van der Waals surface area contributed by atoms with Gasteiger partial charge in [0.2, 0.25) is 0 Å². The molecule has 6 aromatic rings. The maximum absolute atomic E-state index is 7.02. The summed E-state index contributed by atoms with van der Waals surface area (Å²) < 4.78 is 18.4. The quantitative estimate of drug-likeness (QED) is 0.221. The molecule has 2 aromatic heterocycles. The van der Waals surface area contributed by atoms with E-state index in [1.54, 1.807) is 0 Å². The summed E-state index contributed by atoms with van der Waals surface area (Å²) in [6.45, 7) is 6.52. The molecule has 0 radical (unpaired) electrons.